The van der Waals surface area contributed by atoms with Gasteiger partial charge in [-0.1, -0.05) is 25.8 Å². The van der Waals surface area contributed by atoms with Gasteiger partial charge in [0.1, 0.15) is 0 Å². The number of carbonyl (C=O) groups is 1. The van der Waals surface area contributed by atoms with Gasteiger partial charge in [0, 0.05) is 23.9 Å². The van der Waals surface area contributed by atoms with Crippen LogP contribution in [0.4, 0.5) is 0 Å². The average Bonchev–Trinajstić information content (AvgIpc) is 2.85. The molecule has 1 aromatic rings. The molecule has 1 heterocycles. The first-order valence-corrected chi connectivity index (χ1v) is 7.16. The van der Waals surface area contributed by atoms with Gasteiger partial charge in [0.25, 0.3) is 0 Å². The van der Waals surface area contributed by atoms with Crippen LogP contribution in [0.15, 0.2) is 17.5 Å². The third-order valence-electron chi connectivity index (χ3n) is 2.73. The van der Waals surface area contributed by atoms with Gasteiger partial charge in [-0.15, -0.1) is 11.3 Å². The standard InChI is InChI=1S/C13H22N2OS/c1-2-3-5-11(10-14)15-13(16)8-7-12-6-4-9-17-12/h4,6,9,11H,2-3,5,7-8,10,14H2,1H3,(H,15,16). The fraction of sp³-hybridized carbons (Fsp3) is 0.615. The summed E-state index contributed by atoms with van der Waals surface area (Å²) in [5.41, 5.74) is 5.64. The molecular formula is C13H22N2OS. The molecule has 0 fully saturated rings. The highest BCUT2D eigenvalue weighted by atomic mass is 32.1. The van der Waals surface area contributed by atoms with Crippen LogP contribution in [0.2, 0.25) is 0 Å². The van der Waals surface area contributed by atoms with Crippen molar-refractivity contribution in [1.82, 2.24) is 5.32 Å². The molecule has 96 valence electrons. The Morgan fingerprint density at radius 2 is 2.41 bits per heavy atom. The van der Waals surface area contributed by atoms with E-state index in [1.165, 1.54) is 4.88 Å². The third kappa shape index (κ3) is 5.84. The van der Waals surface area contributed by atoms with E-state index in [4.69, 9.17) is 5.73 Å². The van der Waals surface area contributed by atoms with Crippen molar-refractivity contribution in [1.29, 1.82) is 0 Å². The molecule has 0 spiro atoms. The predicted molar refractivity (Wildman–Crippen MR) is 73.2 cm³/mol. The summed E-state index contributed by atoms with van der Waals surface area (Å²) in [4.78, 5) is 13.0. The van der Waals surface area contributed by atoms with Crippen LogP contribution >= 0.6 is 11.3 Å². The summed E-state index contributed by atoms with van der Waals surface area (Å²) in [6.45, 7) is 2.68. The molecule has 0 aliphatic carbocycles. The van der Waals surface area contributed by atoms with Crippen molar-refractivity contribution >= 4 is 17.2 Å². The molecule has 1 atom stereocenters. The van der Waals surface area contributed by atoms with Gasteiger partial charge in [0.2, 0.25) is 5.91 Å². The molecule has 1 amide bonds. The van der Waals surface area contributed by atoms with Crippen LogP contribution in [0, 0.1) is 0 Å². The predicted octanol–water partition coefficient (Wildman–Crippen LogP) is 2.31. The molecule has 0 saturated carbocycles. The first-order valence-electron chi connectivity index (χ1n) is 6.28. The van der Waals surface area contributed by atoms with Crippen LogP contribution < -0.4 is 11.1 Å². The Morgan fingerprint density at radius 3 is 3.00 bits per heavy atom. The van der Waals surface area contributed by atoms with Gasteiger partial charge in [-0.3, -0.25) is 4.79 Å². The maximum Gasteiger partial charge on any atom is 0.220 e. The van der Waals surface area contributed by atoms with Gasteiger partial charge in [-0.25, -0.2) is 0 Å². The minimum absolute atomic E-state index is 0.116. The molecule has 1 aromatic heterocycles. The first-order chi connectivity index (χ1) is 8.26. The molecule has 1 unspecified atom stereocenters. The van der Waals surface area contributed by atoms with Gasteiger partial charge >= 0.3 is 0 Å². The van der Waals surface area contributed by atoms with Crippen molar-refractivity contribution in [3.05, 3.63) is 22.4 Å². The second kappa shape index (κ2) is 8.25. The van der Waals surface area contributed by atoms with E-state index in [1.54, 1.807) is 11.3 Å². The third-order valence-corrected chi connectivity index (χ3v) is 3.67. The van der Waals surface area contributed by atoms with E-state index >= 15 is 0 Å². The number of amides is 1. The van der Waals surface area contributed by atoms with Gasteiger partial charge in [0.05, 0.1) is 0 Å². The largest absolute Gasteiger partial charge is 0.352 e. The Kier molecular flexibility index (Phi) is 6.89. The summed E-state index contributed by atoms with van der Waals surface area (Å²) in [6.07, 6.45) is 4.63. The highest BCUT2D eigenvalue weighted by molar-refractivity contribution is 7.09. The molecule has 0 bridgehead atoms. The zero-order chi connectivity index (χ0) is 12.5. The van der Waals surface area contributed by atoms with E-state index in [9.17, 15) is 4.79 Å². The minimum atomic E-state index is 0.116. The lowest BCUT2D eigenvalue weighted by Crippen LogP contribution is -2.40. The summed E-state index contributed by atoms with van der Waals surface area (Å²) in [5.74, 6) is 0.116. The van der Waals surface area contributed by atoms with E-state index in [0.29, 0.717) is 13.0 Å². The molecule has 0 aromatic carbocycles. The summed E-state index contributed by atoms with van der Waals surface area (Å²) >= 11 is 1.70. The Morgan fingerprint density at radius 1 is 1.59 bits per heavy atom. The van der Waals surface area contributed by atoms with E-state index in [-0.39, 0.29) is 11.9 Å². The van der Waals surface area contributed by atoms with E-state index in [1.807, 2.05) is 11.4 Å². The second-order valence-corrected chi connectivity index (χ2v) is 5.25. The molecule has 17 heavy (non-hydrogen) atoms. The molecule has 3 nitrogen and oxygen atoms in total. The zero-order valence-electron chi connectivity index (χ0n) is 10.4. The SMILES string of the molecule is CCCCC(CN)NC(=O)CCc1cccs1. The highest BCUT2D eigenvalue weighted by Crippen LogP contribution is 2.10. The Bertz CT molecular complexity index is 311. The molecule has 1 rings (SSSR count). The topological polar surface area (TPSA) is 55.1 Å². The maximum atomic E-state index is 11.7. The number of nitrogens with one attached hydrogen (secondary N) is 1. The van der Waals surface area contributed by atoms with Gasteiger partial charge in [-0.2, -0.15) is 0 Å². The summed E-state index contributed by atoms with van der Waals surface area (Å²) < 4.78 is 0. The lowest BCUT2D eigenvalue weighted by molar-refractivity contribution is -0.121. The number of unbranched alkanes of at least 4 members (excludes halogenated alkanes) is 1. The Labute approximate surface area is 107 Å². The molecule has 4 heteroatoms. The van der Waals surface area contributed by atoms with Crippen LogP contribution in [-0.4, -0.2) is 18.5 Å². The second-order valence-electron chi connectivity index (χ2n) is 4.22. The van der Waals surface area contributed by atoms with Crippen LogP contribution in [0.3, 0.4) is 0 Å². The quantitative estimate of drug-likeness (QED) is 0.748. The Hall–Kier alpha value is -0.870. The fourth-order valence-electron chi connectivity index (χ4n) is 1.69. The van der Waals surface area contributed by atoms with Gasteiger partial charge < -0.3 is 11.1 Å². The average molecular weight is 254 g/mol. The number of nitrogens with two attached hydrogens (primary N) is 1. The van der Waals surface area contributed by atoms with E-state index in [0.717, 1.165) is 25.7 Å². The summed E-state index contributed by atoms with van der Waals surface area (Å²) in [7, 11) is 0. The van der Waals surface area contributed by atoms with E-state index < -0.39 is 0 Å². The first kappa shape index (κ1) is 14.2. The van der Waals surface area contributed by atoms with Crippen LogP contribution in [0.25, 0.3) is 0 Å². The molecular weight excluding hydrogens is 232 g/mol. The molecule has 0 aliphatic heterocycles. The number of rotatable bonds is 8. The lowest BCUT2D eigenvalue weighted by Gasteiger charge is -2.16. The Balaban J connectivity index is 2.22. The smallest absolute Gasteiger partial charge is 0.220 e. The van der Waals surface area contributed by atoms with Crippen LogP contribution in [0.5, 0.6) is 0 Å². The van der Waals surface area contributed by atoms with Crippen molar-refractivity contribution < 1.29 is 4.79 Å². The zero-order valence-corrected chi connectivity index (χ0v) is 11.3. The summed E-state index contributed by atoms with van der Waals surface area (Å²) in [6, 6.07) is 4.22. The lowest BCUT2D eigenvalue weighted by atomic mass is 10.1. The van der Waals surface area contributed by atoms with Crippen LogP contribution in [-0.2, 0) is 11.2 Å². The number of thiophene rings is 1. The number of hydrogen-bond acceptors (Lipinski definition) is 3. The number of aryl methyl sites for hydroxylation is 1. The molecule has 0 aliphatic rings. The normalized spacial score (nSPS) is 12.4. The van der Waals surface area contributed by atoms with Crippen molar-refractivity contribution in [3.63, 3.8) is 0 Å². The highest BCUT2D eigenvalue weighted by Gasteiger charge is 2.10. The van der Waals surface area contributed by atoms with E-state index in [2.05, 4.69) is 18.3 Å². The van der Waals surface area contributed by atoms with Crippen molar-refractivity contribution in [2.24, 2.45) is 5.73 Å². The molecule has 3 N–H and O–H groups in total. The van der Waals surface area contributed by atoms with Crippen LogP contribution in [0.1, 0.15) is 37.5 Å². The van der Waals surface area contributed by atoms with Gasteiger partial charge in [-0.05, 0) is 24.3 Å². The number of hydrogen-bond donors (Lipinski definition) is 2. The van der Waals surface area contributed by atoms with Gasteiger partial charge in [0.15, 0.2) is 0 Å². The fourth-order valence-corrected chi connectivity index (χ4v) is 2.40. The molecule has 0 saturated heterocycles. The van der Waals surface area contributed by atoms with Crippen molar-refractivity contribution in [2.45, 2.75) is 45.1 Å². The minimum Gasteiger partial charge on any atom is -0.352 e. The molecule has 0 radical (unpaired) electrons. The summed E-state index contributed by atoms with van der Waals surface area (Å²) in [5, 5.41) is 5.04. The monoisotopic (exact) mass is 254 g/mol. The van der Waals surface area contributed by atoms with Crippen molar-refractivity contribution in [3.8, 4) is 0 Å². The number of carbonyl (C=O) groups excluding carboxylic acids is 1. The van der Waals surface area contributed by atoms with Crippen molar-refractivity contribution in [2.75, 3.05) is 6.54 Å². The maximum absolute atomic E-state index is 11.7.